The number of halogens is 1. The summed E-state index contributed by atoms with van der Waals surface area (Å²) < 4.78 is 0. The molecule has 0 heterocycles. The molecular formula is CH3ClOPd. The molecule has 1 nitrogen and oxygen atoms in total. The second-order valence-electron chi connectivity index (χ2n) is 0. The van der Waals surface area contributed by atoms with Gasteiger partial charge in [-0.05, 0) is 0 Å². The fourth-order valence-electron chi connectivity index (χ4n) is 0. The Morgan fingerprint density at radius 1 is 1.50 bits per heavy atom. The van der Waals surface area contributed by atoms with Gasteiger partial charge < -0.3 is 5.11 Å². The molecule has 0 aliphatic heterocycles. The molecule has 0 unspecified atom stereocenters. The van der Waals surface area contributed by atoms with E-state index in [1.165, 1.54) is 0 Å². The summed E-state index contributed by atoms with van der Waals surface area (Å²) in [4.78, 5) is 0. The SMILES string of the molecule is [CH2-]O.[Cl][Pd+]. The van der Waals surface area contributed by atoms with Crippen LogP contribution in [-0.4, -0.2) is 5.11 Å². The fourth-order valence-corrected chi connectivity index (χ4v) is 0. The molecule has 0 atom stereocenters. The summed E-state index contributed by atoms with van der Waals surface area (Å²) in [7, 11) is 6.74. The van der Waals surface area contributed by atoms with Crippen LogP contribution in [0.15, 0.2) is 0 Å². The molecule has 0 spiro atoms. The minimum absolute atomic E-state index is 2.22. The van der Waals surface area contributed by atoms with Gasteiger partial charge in [0.2, 0.25) is 0 Å². The van der Waals surface area contributed by atoms with E-state index < -0.39 is 0 Å². The van der Waals surface area contributed by atoms with Crippen LogP contribution < -0.4 is 0 Å². The first-order valence-electron chi connectivity index (χ1n) is 0.436. The molecule has 1 N–H and O–H groups in total. The Bertz CT molecular complexity index is 8.00. The van der Waals surface area contributed by atoms with Crippen molar-refractivity contribution in [2.24, 2.45) is 0 Å². The van der Waals surface area contributed by atoms with Crippen molar-refractivity contribution < 1.29 is 23.3 Å². The van der Waals surface area contributed by atoms with Crippen LogP contribution in [0.3, 0.4) is 0 Å². The van der Waals surface area contributed by atoms with Gasteiger partial charge in [0.05, 0.1) is 0 Å². The minimum atomic E-state index is 2.22. The van der Waals surface area contributed by atoms with Crippen molar-refractivity contribution >= 4 is 9.53 Å². The van der Waals surface area contributed by atoms with Gasteiger partial charge in [0.1, 0.15) is 0 Å². The predicted molar refractivity (Wildman–Crippen MR) is 13.1 cm³/mol. The summed E-state index contributed by atoms with van der Waals surface area (Å²) in [6.07, 6.45) is 0. The van der Waals surface area contributed by atoms with Gasteiger partial charge in [-0.1, -0.05) is 0 Å². The summed E-state index contributed by atoms with van der Waals surface area (Å²) in [6, 6.07) is 0. The Balaban J connectivity index is 0. The van der Waals surface area contributed by atoms with Gasteiger partial charge >= 0.3 is 27.7 Å². The van der Waals surface area contributed by atoms with E-state index >= 15 is 0 Å². The van der Waals surface area contributed by atoms with Gasteiger partial charge in [0, 0.05) is 0 Å². The molecule has 3 heteroatoms. The number of aliphatic hydroxyl groups is 1. The van der Waals surface area contributed by atoms with Crippen LogP contribution in [0.4, 0.5) is 0 Å². The van der Waals surface area contributed by atoms with E-state index in [4.69, 9.17) is 5.11 Å². The van der Waals surface area contributed by atoms with E-state index in [0.29, 0.717) is 0 Å². The molecule has 0 saturated heterocycles. The van der Waals surface area contributed by atoms with Crippen molar-refractivity contribution in [3.05, 3.63) is 7.11 Å². The summed E-state index contributed by atoms with van der Waals surface area (Å²) in [5, 5.41) is 6.75. The van der Waals surface area contributed by atoms with E-state index in [1.807, 2.05) is 0 Å². The first-order chi connectivity index (χ1) is 2.00. The number of rotatable bonds is 0. The summed E-state index contributed by atoms with van der Waals surface area (Å²) in [5.41, 5.74) is 0. The molecule has 4 heavy (non-hydrogen) atoms. The quantitative estimate of drug-likeness (QED) is 0.425. The predicted octanol–water partition coefficient (Wildman–Crippen LogP) is 0.837. The zero-order valence-electron chi connectivity index (χ0n) is 1.85. The van der Waals surface area contributed by atoms with Crippen molar-refractivity contribution in [1.29, 1.82) is 0 Å². The summed E-state index contributed by atoms with van der Waals surface area (Å²) >= 11 is 2.22. The number of hydrogen-bond acceptors (Lipinski definition) is 1. The first kappa shape index (κ1) is 8.86. The third kappa shape index (κ3) is 12.8. The Morgan fingerprint density at radius 2 is 1.50 bits per heavy atom. The Labute approximate surface area is 40.3 Å². The zero-order valence-corrected chi connectivity index (χ0v) is 4.16. The molecule has 0 rings (SSSR count). The van der Waals surface area contributed by atoms with Crippen LogP contribution in [0.5, 0.6) is 0 Å². The van der Waals surface area contributed by atoms with Gasteiger partial charge in [-0.3, -0.25) is 0 Å². The third-order valence-corrected chi connectivity index (χ3v) is 0. The standard InChI is InChI=1S/CH3O.ClH.Pd/c1-2;;/h2H,1H2;1H;/q-1;;+2/p-1. The van der Waals surface area contributed by atoms with E-state index in [-0.39, 0.29) is 0 Å². The molecule has 0 aromatic carbocycles. The molecule has 0 aliphatic carbocycles. The molecule has 30 valence electrons. The van der Waals surface area contributed by atoms with Crippen LogP contribution in [0.25, 0.3) is 0 Å². The van der Waals surface area contributed by atoms with Crippen molar-refractivity contribution in [2.45, 2.75) is 0 Å². The van der Waals surface area contributed by atoms with E-state index in [2.05, 4.69) is 34.8 Å². The van der Waals surface area contributed by atoms with Crippen LogP contribution in [0.2, 0.25) is 0 Å². The molecule has 0 radical (unpaired) electrons. The molecular weight excluding hydrogens is 170 g/mol. The molecule has 0 aromatic heterocycles. The number of hydrogen-bond donors (Lipinski definition) is 1. The summed E-state index contributed by atoms with van der Waals surface area (Å²) in [6.45, 7) is 0. The van der Waals surface area contributed by atoms with Crippen LogP contribution in [0, 0.1) is 7.11 Å². The van der Waals surface area contributed by atoms with Crippen LogP contribution in [0.1, 0.15) is 0 Å². The molecule has 0 amide bonds. The van der Waals surface area contributed by atoms with Crippen LogP contribution in [-0.2, 0) is 18.2 Å². The van der Waals surface area contributed by atoms with E-state index in [1.54, 1.807) is 0 Å². The topological polar surface area (TPSA) is 20.2 Å². The van der Waals surface area contributed by atoms with Gasteiger partial charge in [0.25, 0.3) is 0 Å². The van der Waals surface area contributed by atoms with Gasteiger partial charge in [-0.2, -0.15) is 0 Å². The monoisotopic (exact) mass is 172 g/mol. The van der Waals surface area contributed by atoms with Gasteiger partial charge in [0.15, 0.2) is 0 Å². The maximum absolute atomic E-state index is 6.75. The Kier molecular flexibility index (Phi) is 88.4. The molecule has 0 saturated carbocycles. The van der Waals surface area contributed by atoms with Gasteiger partial charge in [-0.15, -0.1) is 0 Å². The van der Waals surface area contributed by atoms with Crippen molar-refractivity contribution in [3.8, 4) is 0 Å². The van der Waals surface area contributed by atoms with Crippen molar-refractivity contribution in [2.75, 3.05) is 0 Å². The Hall–Kier alpha value is 0.912. The zero-order chi connectivity index (χ0) is 4.00. The molecule has 0 aliphatic rings. The van der Waals surface area contributed by atoms with Gasteiger partial charge in [-0.25, -0.2) is 7.11 Å². The average molecular weight is 173 g/mol. The normalized spacial score (nSPS) is 3.25. The van der Waals surface area contributed by atoms with Crippen LogP contribution >= 0.6 is 9.53 Å². The second-order valence-corrected chi connectivity index (χ2v) is 0. The fraction of sp³-hybridized carbons (Fsp3) is 0. The Morgan fingerprint density at radius 3 is 1.50 bits per heavy atom. The first-order valence-corrected chi connectivity index (χ1v) is 2.44. The average Bonchev–Trinajstić information content (AvgIpc) is 1.50. The van der Waals surface area contributed by atoms with Crippen molar-refractivity contribution in [3.63, 3.8) is 0 Å². The number of aliphatic hydroxyl groups excluding tert-OH is 1. The molecule has 0 bridgehead atoms. The van der Waals surface area contributed by atoms with E-state index in [9.17, 15) is 0 Å². The van der Waals surface area contributed by atoms with E-state index in [0.717, 1.165) is 0 Å². The molecule has 0 fully saturated rings. The maximum atomic E-state index is 6.75. The third-order valence-electron chi connectivity index (χ3n) is 0. The van der Waals surface area contributed by atoms with Crippen molar-refractivity contribution in [1.82, 2.24) is 0 Å². The second kappa shape index (κ2) is 39.9. The molecule has 0 aromatic rings. The summed E-state index contributed by atoms with van der Waals surface area (Å²) in [5.74, 6) is 0.